The maximum absolute atomic E-state index is 4.85. The van der Waals surface area contributed by atoms with Crippen molar-refractivity contribution >= 4 is 44.6 Å². The van der Waals surface area contributed by atoms with Crippen LogP contribution in [-0.2, 0) is 0 Å². The Hall–Kier alpha value is -2.65. The number of fused-ring (bicyclic) bond motifs is 3. The van der Waals surface area contributed by atoms with Crippen LogP contribution in [0.5, 0.6) is 0 Å². The third kappa shape index (κ3) is 4.59. The molecule has 0 aliphatic rings. The molecule has 0 aliphatic heterocycles. The van der Waals surface area contributed by atoms with Gasteiger partial charge in [0.2, 0.25) is 0 Å². The molecule has 0 saturated heterocycles. The molecule has 4 rings (SSSR count). The predicted octanol–water partition coefficient (Wildman–Crippen LogP) is 7.66. The summed E-state index contributed by atoms with van der Waals surface area (Å²) >= 11 is 3.64. The molecule has 0 aliphatic carbocycles. The Bertz CT molecular complexity index is 1350. The van der Waals surface area contributed by atoms with E-state index in [9.17, 15) is 0 Å². The Kier molecular flexibility index (Phi) is 9.03. The monoisotopic (exact) mass is 490 g/mol. The second kappa shape index (κ2) is 11.3. The minimum atomic E-state index is 0.956. The first-order chi connectivity index (χ1) is 15.5. The summed E-state index contributed by atoms with van der Waals surface area (Å²) in [5, 5.41) is 3.47. The molecule has 168 valence electrons. The largest absolute Gasteiger partial charge is 0.292 e. The van der Waals surface area contributed by atoms with Crippen molar-refractivity contribution in [3.8, 4) is 11.3 Å². The Balaban J connectivity index is 0.000000860. The summed E-state index contributed by atoms with van der Waals surface area (Å²) in [6.07, 6.45) is 8.04. The van der Waals surface area contributed by atoms with Gasteiger partial charge in [0.05, 0.1) is 17.4 Å². The van der Waals surface area contributed by atoms with Gasteiger partial charge in [-0.1, -0.05) is 86.1 Å². The van der Waals surface area contributed by atoms with E-state index >= 15 is 0 Å². The van der Waals surface area contributed by atoms with Crippen LogP contribution in [0.1, 0.15) is 51.3 Å². The van der Waals surface area contributed by atoms with Gasteiger partial charge in [0.15, 0.2) is 0 Å². The lowest BCUT2D eigenvalue weighted by Crippen LogP contribution is -2.28. The average molecular weight is 492 g/mol. The number of pyridine rings is 1. The predicted molar refractivity (Wildman–Crippen MR) is 147 cm³/mol. The molecule has 0 bridgehead atoms. The fourth-order valence-electron chi connectivity index (χ4n) is 4.32. The van der Waals surface area contributed by atoms with E-state index in [1.54, 1.807) is 0 Å². The summed E-state index contributed by atoms with van der Waals surface area (Å²) in [6, 6.07) is 10.9. The maximum Gasteiger partial charge on any atom is 0.145 e. The number of imidazole rings is 1. The quantitative estimate of drug-likeness (QED) is 0.281. The molecule has 2 nitrogen and oxygen atoms in total. The average Bonchev–Trinajstić information content (AvgIpc) is 3.21. The van der Waals surface area contributed by atoms with E-state index in [2.05, 4.69) is 97.1 Å². The van der Waals surface area contributed by atoms with Gasteiger partial charge in [-0.05, 0) is 62.2 Å². The van der Waals surface area contributed by atoms with E-state index < -0.39 is 0 Å². The second-order valence-corrected chi connectivity index (χ2v) is 8.17. The summed E-state index contributed by atoms with van der Waals surface area (Å²) in [6.45, 7) is 20.5. The van der Waals surface area contributed by atoms with E-state index in [1.165, 1.54) is 32.9 Å². The molecule has 2 heterocycles. The van der Waals surface area contributed by atoms with Crippen LogP contribution in [0.25, 0.3) is 40.0 Å². The van der Waals surface area contributed by atoms with Gasteiger partial charge in [0.1, 0.15) is 5.65 Å². The minimum Gasteiger partial charge on any atom is -0.292 e. The molecule has 3 heteroatoms. The molecule has 2 aromatic heterocycles. The number of hydrogen-bond acceptors (Lipinski definition) is 1. The van der Waals surface area contributed by atoms with Gasteiger partial charge >= 0.3 is 0 Å². The molecule has 0 N–H and O–H groups in total. The second-order valence-electron chi connectivity index (χ2n) is 7.26. The number of rotatable bonds is 2. The number of aromatic nitrogens is 2. The Morgan fingerprint density at radius 2 is 1.56 bits per heavy atom. The minimum absolute atomic E-state index is 0.956. The van der Waals surface area contributed by atoms with Crippen LogP contribution in [0.2, 0.25) is 0 Å². The number of hydrogen-bond donors (Lipinski definition) is 0. The van der Waals surface area contributed by atoms with E-state index in [0.717, 1.165) is 26.5 Å². The Labute approximate surface area is 201 Å². The van der Waals surface area contributed by atoms with E-state index in [-0.39, 0.29) is 0 Å². The molecule has 0 spiro atoms. The summed E-state index contributed by atoms with van der Waals surface area (Å²) in [4.78, 5) is 4.85. The molecule has 0 saturated carbocycles. The lowest BCUT2D eigenvalue weighted by atomic mass is 9.97. The fourth-order valence-corrected chi connectivity index (χ4v) is 4.68. The Morgan fingerprint density at radius 1 is 0.938 bits per heavy atom. The van der Waals surface area contributed by atoms with E-state index in [0.29, 0.717) is 0 Å². The number of benzene rings is 2. The zero-order valence-corrected chi connectivity index (χ0v) is 22.3. The standard InChI is InChI=1S/C25H23BrN2.2C2H6/c1-6-8-20-19(7-2)21-13-18(26)9-10-22(21)28-23(14-27-25(20)28)24-16(4)11-15(3)12-17(24)5;2*1-2/h6-14H,1H2,2-5H3;2*1-2H3/b19-7+,20-8+;;. The smallest absolute Gasteiger partial charge is 0.145 e. The van der Waals surface area contributed by atoms with Crippen molar-refractivity contribution in [2.45, 2.75) is 55.4 Å². The van der Waals surface area contributed by atoms with Crippen LogP contribution in [0.15, 0.2) is 53.7 Å². The van der Waals surface area contributed by atoms with Gasteiger partial charge in [-0.3, -0.25) is 4.40 Å². The van der Waals surface area contributed by atoms with Crippen molar-refractivity contribution < 1.29 is 0 Å². The van der Waals surface area contributed by atoms with Crippen LogP contribution in [0.3, 0.4) is 0 Å². The zero-order chi connectivity index (χ0) is 24.0. The van der Waals surface area contributed by atoms with Gasteiger partial charge in [-0.15, -0.1) is 0 Å². The van der Waals surface area contributed by atoms with Gasteiger partial charge in [-0.2, -0.15) is 0 Å². The summed E-state index contributed by atoms with van der Waals surface area (Å²) in [5.41, 5.74) is 8.30. The third-order valence-electron chi connectivity index (χ3n) is 5.29. The highest BCUT2D eigenvalue weighted by molar-refractivity contribution is 9.10. The van der Waals surface area contributed by atoms with Crippen LogP contribution < -0.4 is 10.4 Å². The molecule has 2 aromatic carbocycles. The molecule has 0 unspecified atom stereocenters. The first-order valence-electron chi connectivity index (χ1n) is 11.4. The first kappa shape index (κ1) is 25.6. The highest BCUT2D eigenvalue weighted by Gasteiger charge is 2.16. The number of halogens is 1. The molecule has 0 atom stereocenters. The van der Waals surface area contributed by atoms with Crippen LogP contribution in [0.4, 0.5) is 0 Å². The molecular weight excluding hydrogens is 456 g/mol. The summed E-state index contributed by atoms with van der Waals surface area (Å²) < 4.78 is 3.35. The fraction of sp³-hybridized carbons (Fsp3) is 0.276. The number of nitrogens with zero attached hydrogens (tertiary/aromatic N) is 2. The Morgan fingerprint density at radius 3 is 2.12 bits per heavy atom. The van der Waals surface area contributed by atoms with E-state index in [1.807, 2.05) is 40.0 Å². The summed E-state index contributed by atoms with van der Waals surface area (Å²) in [5.74, 6) is 0. The molecule has 0 radical (unpaired) electrons. The normalized spacial score (nSPS) is 11.8. The summed E-state index contributed by atoms with van der Waals surface area (Å²) in [7, 11) is 0. The highest BCUT2D eigenvalue weighted by atomic mass is 79.9. The van der Waals surface area contributed by atoms with Gasteiger partial charge in [-0.25, -0.2) is 4.98 Å². The van der Waals surface area contributed by atoms with Gasteiger partial charge in [0, 0.05) is 20.6 Å². The topological polar surface area (TPSA) is 17.3 Å². The third-order valence-corrected chi connectivity index (χ3v) is 5.78. The lowest BCUT2D eigenvalue weighted by molar-refractivity contribution is 1.21. The SMILES string of the molecule is C=C/C=c1\c(=C/C)c2cc(Br)ccc2n2c(-c3c(C)cc(C)cc3C)cnc12.CC.CC. The van der Waals surface area contributed by atoms with Crippen LogP contribution in [-0.4, -0.2) is 9.38 Å². The zero-order valence-electron chi connectivity index (χ0n) is 20.7. The van der Waals surface area contributed by atoms with Crippen molar-refractivity contribution in [3.05, 3.63) is 80.8 Å². The van der Waals surface area contributed by atoms with Crippen LogP contribution in [0, 0.1) is 20.8 Å². The van der Waals surface area contributed by atoms with E-state index in [4.69, 9.17) is 4.98 Å². The van der Waals surface area contributed by atoms with Crippen molar-refractivity contribution in [2.24, 2.45) is 0 Å². The van der Waals surface area contributed by atoms with Crippen molar-refractivity contribution in [3.63, 3.8) is 0 Å². The number of allylic oxidation sites excluding steroid dienone is 1. The lowest BCUT2D eigenvalue weighted by Gasteiger charge is -2.14. The van der Waals surface area contributed by atoms with Crippen molar-refractivity contribution in [1.29, 1.82) is 0 Å². The highest BCUT2D eigenvalue weighted by Crippen LogP contribution is 2.30. The molecule has 32 heavy (non-hydrogen) atoms. The van der Waals surface area contributed by atoms with Crippen LogP contribution >= 0.6 is 15.9 Å². The molecule has 4 aromatic rings. The first-order valence-corrected chi connectivity index (χ1v) is 12.2. The van der Waals surface area contributed by atoms with Crippen molar-refractivity contribution in [2.75, 3.05) is 0 Å². The maximum atomic E-state index is 4.85. The number of aryl methyl sites for hydroxylation is 3. The molecule has 0 amide bonds. The molecular formula is C29H35BrN2. The van der Waals surface area contributed by atoms with Gasteiger partial charge < -0.3 is 0 Å². The van der Waals surface area contributed by atoms with Gasteiger partial charge in [0.25, 0.3) is 0 Å². The van der Waals surface area contributed by atoms with Crippen molar-refractivity contribution in [1.82, 2.24) is 9.38 Å². The molecule has 0 fully saturated rings.